The summed E-state index contributed by atoms with van der Waals surface area (Å²) in [6, 6.07) is 7.20. The maximum atomic E-state index is 5.35. The molecule has 1 saturated heterocycles. The molecule has 3 rings (SSSR count). The van der Waals surface area contributed by atoms with Crippen LogP contribution in [0.15, 0.2) is 18.2 Å². The number of hydrogen-bond donors (Lipinski definition) is 1. The van der Waals surface area contributed by atoms with Gasteiger partial charge in [0.15, 0.2) is 0 Å². The second-order valence-electron chi connectivity index (χ2n) is 5.97. The van der Waals surface area contributed by atoms with Gasteiger partial charge < -0.3 is 10.1 Å². The standard InChI is InChI=1S/C17H25NOS/c1-19-16-8-6-13-5-7-15(10-14(13)11-16)18-12-17-4-2-3-9-20-17/h6,8,11,15,17-18H,2-5,7,9-10,12H2,1H3. The van der Waals surface area contributed by atoms with Gasteiger partial charge >= 0.3 is 0 Å². The first-order valence-electron chi connectivity index (χ1n) is 7.86. The third kappa shape index (κ3) is 3.50. The minimum absolute atomic E-state index is 0.650. The first-order valence-corrected chi connectivity index (χ1v) is 8.91. The van der Waals surface area contributed by atoms with E-state index in [9.17, 15) is 0 Å². The smallest absolute Gasteiger partial charge is 0.119 e. The summed E-state index contributed by atoms with van der Waals surface area (Å²) in [5, 5.41) is 4.65. The molecule has 110 valence electrons. The Hall–Kier alpha value is -0.670. The molecule has 0 radical (unpaired) electrons. The van der Waals surface area contributed by atoms with Gasteiger partial charge in [0, 0.05) is 17.8 Å². The zero-order valence-electron chi connectivity index (χ0n) is 12.4. The summed E-state index contributed by atoms with van der Waals surface area (Å²) in [5.41, 5.74) is 2.99. The molecule has 1 aromatic carbocycles. The lowest BCUT2D eigenvalue weighted by atomic mass is 9.88. The largest absolute Gasteiger partial charge is 0.497 e. The van der Waals surface area contributed by atoms with Crippen LogP contribution in [0.2, 0.25) is 0 Å². The molecule has 1 aliphatic heterocycles. The molecule has 2 unspecified atom stereocenters. The number of rotatable bonds is 4. The number of nitrogens with one attached hydrogen (secondary N) is 1. The Morgan fingerprint density at radius 3 is 3.00 bits per heavy atom. The van der Waals surface area contributed by atoms with Gasteiger partial charge in [-0.1, -0.05) is 12.5 Å². The SMILES string of the molecule is COc1ccc2c(c1)CC(NCC1CCCCS1)CC2. The zero-order valence-corrected chi connectivity index (χ0v) is 13.2. The highest BCUT2D eigenvalue weighted by molar-refractivity contribution is 7.99. The van der Waals surface area contributed by atoms with E-state index in [1.54, 1.807) is 7.11 Å². The Bertz CT molecular complexity index is 443. The maximum absolute atomic E-state index is 5.35. The summed E-state index contributed by atoms with van der Waals surface area (Å²) >= 11 is 2.16. The van der Waals surface area contributed by atoms with Gasteiger partial charge in [0.2, 0.25) is 0 Å². The zero-order chi connectivity index (χ0) is 13.8. The third-order valence-electron chi connectivity index (χ3n) is 4.55. The number of thioether (sulfide) groups is 1. The normalized spacial score (nSPS) is 26.1. The number of benzene rings is 1. The van der Waals surface area contributed by atoms with Gasteiger partial charge in [-0.25, -0.2) is 0 Å². The van der Waals surface area contributed by atoms with Crippen LogP contribution in [-0.2, 0) is 12.8 Å². The van der Waals surface area contributed by atoms with Gasteiger partial charge in [-0.3, -0.25) is 0 Å². The van der Waals surface area contributed by atoms with Gasteiger partial charge in [0.25, 0.3) is 0 Å². The number of methoxy groups -OCH3 is 1. The maximum Gasteiger partial charge on any atom is 0.119 e. The van der Waals surface area contributed by atoms with Crippen molar-refractivity contribution in [1.29, 1.82) is 0 Å². The van der Waals surface area contributed by atoms with Crippen LogP contribution in [0.3, 0.4) is 0 Å². The average Bonchev–Trinajstić information content (AvgIpc) is 2.53. The minimum atomic E-state index is 0.650. The van der Waals surface area contributed by atoms with Gasteiger partial charge in [0.05, 0.1) is 7.11 Å². The van der Waals surface area contributed by atoms with Crippen molar-refractivity contribution >= 4 is 11.8 Å². The molecule has 1 heterocycles. The molecule has 1 fully saturated rings. The number of hydrogen-bond acceptors (Lipinski definition) is 3. The summed E-state index contributed by atoms with van der Waals surface area (Å²) in [5.74, 6) is 2.35. The molecule has 2 atom stereocenters. The summed E-state index contributed by atoms with van der Waals surface area (Å²) in [7, 11) is 1.75. The molecule has 1 aromatic rings. The highest BCUT2D eigenvalue weighted by Crippen LogP contribution is 2.27. The molecule has 0 saturated carbocycles. The Kier molecular flexibility index (Phi) is 4.90. The van der Waals surface area contributed by atoms with E-state index >= 15 is 0 Å². The molecule has 1 N–H and O–H groups in total. The van der Waals surface area contributed by atoms with Crippen molar-refractivity contribution in [3.63, 3.8) is 0 Å². The number of aryl methyl sites for hydroxylation is 1. The molecular formula is C17H25NOS. The second kappa shape index (κ2) is 6.86. The molecule has 0 bridgehead atoms. The summed E-state index contributed by atoms with van der Waals surface area (Å²) in [4.78, 5) is 0. The van der Waals surface area contributed by atoms with Crippen LogP contribution < -0.4 is 10.1 Å². The molecule has 3 heteroatoms. The van der Waals surface area contributed by atoms with Crippen molar-refractivity contribution in [3.05, 3.63) is 29.3 Å². The third-order valence-corrected chi connectivity index (χ3v) is 5.95. The topological polar surface area (TPSA) is 21.3 Å². The van der Waals surface area contributed by atoms with Crippen LogP contribution >= 0.6 is 11.8 Å². The van der Waals surface area contributed by atoms with E-state index in [-0.39, 0.29) is 0 Å². The lowest BCUT2D eigenvalue weighted by molar-refractivity contribution is 0.410. The fourth-order valence-electron chi connectivity index (χ4n) is 3.30. The van der Waals surface area contributed by atoms with E-state index in [1.165, 1.54) is 55.5 Å². The molecule has 0 amide bonds. The van der Waals surface area contributed by atoms with Crippen molar-refractivity contribution in [1.82, 2.24) is 5.32 Å². The molecule has 0 spiro atoms. The fourth-order valence-corrected chi connectivity index (χ4v) is 4.55. The van der Waals surface area contributed by atoms with Crippen LogP contribution in [-0.4, -0.2) is 30.7 Å². The molecule has 20 heavy (non-hydrogen) atoms. The Balaban J connectivity index is 1.54. The first-order chi connectivity index (χ1) is 9.85. The first kappa shape index (κ1) is 14.3. The molecular weight excluding hydrogens is 266 g/mol. The molecule has 1 aliphatic carbocycles. The van der Waals surface area contributed by atoms with E-state index in [2.05, 4.69) is 35.3 Å². The molecule has 2 nitrogen and oxygen atoms in total. The Labute approximate surface area is 126 Å². The summed E-state index contributed by atoms with van der Waals surface area (Å²) in [6.07, 6.45) is 7.87. The van der Waals surface area contributed by atoms with Gasteiger partial charge in [-0.2, -0.15) is 11.8 Å². The Morgan fingerprint density at radius 2 is 2.20 bits per heavy atom. The highest BCUT2D eigenvalue weighted by atomic mass is 32.2. The molecule has 2 aliphatic rings. The molecule has 0 aromatic heterocycles. The Morgan fingerprint density at radius 1 is 1.25 bits per heavy atom. The van der Waals surface area contributed by atoms with E-state index < -0.39 is 0 Å². The quantitative estimate of drug-likeness (QED) is 0.918. The van der Waals surface area contributed by atoms with Crippen molar-refractivity contribution in [2.45, 2.75) is 49.8 Å². The number of fused-ring (bicyclic) bond motifs is 1. The van der Waals surface area contributed by atoms with Crippen LogP contribution in [0.25, 0.3) is 0 Å². The highest BCUT2D eigenvalue weighted by Gasteiger charge is 2.21. The van der Waals surface area contributed by atoms with Crippen molar-refractivity contribution in [2.24, 2.45) is 0 Å². The van der Waals surface area contributed by atoms with Crippen molar-refractivity contribution < 1.29 is 4.74 Å². The van der Waals surface area contributed by atoms with E-state index in [1.807, 2.05) is 0 Å². The second-order valence-corrected chi connectivity index (χ2v) is 7.38. The van der Waals surface area contributed by atoms with Crippen LogP contribution in [0.1, 0.15) is 36.8 Å². The lowest BCUT2D eigenvalue weighted by Gasteiger charge is -2.29. The van der Waals surface area contributed by atoms with Crippen LogP contribution in [0, 0.1) is 0 Å². The van der Waals surface area contributed by atoms with Crippen LogP contribution in [0.5, 0.6) is 5.75 Å². The number of ether oxygens (including phenoxy) is 1. The fraction of sp³-hybridized carbons (Fsp3) is 0.647. The van der Waals surface area contributed by atoms with E-state index in [0.29, 0.717) is 6.04 Å². The monoisotopic (exact) mass is 291 g/mol. The lowest BCUT2D eigenvalue weighted by Crippen LogP contribution is -2.39. The van der Waals surface area contributed by atoms with E-state index in [0.717, 1.165) is 17.4 Å². The van der Waals surface area contributed by atoms with Gasteiger partial charge in [-0.15, -0.1) is 0 Å². The predicted octanol–water partition coefficient (Wildman–Crippen LogP) is 3.43. The van der Waals surface area contributed by atoms with E-state index in [4.69, 9.17) is 4.74 Å². The van der Waals surface area contributed by atoms with Crippen LogP contribution in [0.4, 0.5) is 0 Å². The van der Waals surface area contributed by atoms with Crippen molar-refractivity contribution in [2.75, 3.05) is 19.4 Å². The minimum Gasteiger partial charge on any atom is -0.497 e. The van der Waals surface area contributed by atoms with Gasteiger partial charge in [-0.05, 0) is 61.1 Å². The van der Waals surface area contributed by atoms with Gasteiger partial charge in [0.1, 0.15) is 5.75 Å². The summed E-state index contributed by atoms with van der Waals surface area (Å²) < 4.78 is 5.35. The predicted molar refractivity (Wildman–Crippen MR) is 86.9 cm³/mol. The average molecular weight is 291 g/mol. The van der Waals surface area contributed by atoms with Crippen molar-refractivity contribution in [3.8, 4) is 5.75 Å². The summed E-state index contributed by atoms with van der Waals surface area (Å²) in [6.45, 7) is 1.19.